The van der Waals surface area contributed by atoms with Gasteiger partial charge in [0.1, 0.15) is 0 Å². The molecule has 0 fully saturated rings. The van der Waals surface area contributed by atoms with Gasteiger partial charge in [0.25, 0.3) is 0 Å². The van der Waals surface area contributed by atoms with E-state index in [0.29, 0.717) is 0 Å². The summed E-state index contributed by atoms with van der Waals surface area (Å²) in [5.74, 6) is -0.316. The van der Waals surface area contributed by atoms with Crippen LogP contribution < -0.4 is 5.43 Å². The molecule has 0 aromatic heterocycles. The third-order valence-electron chi connectivity index (χ3n) is 1.43. The first-order chi connectivity index (χ1) is 6.33. The molecule has 1 rings (SSSR count). The van der Waals surface area contributed by atoms with Crippen LogP contribution in [0.2, 0.25) is 0 Å². The summed E-state index contributed by atoms with van der Waals surface area (Å²) in [5, 5.41) is 2.95. The van der Waals surface area contributed by atoms with Crippen molar-refractivity contribution in [3.8, 4) is 0 Å². The molecule has 1 aromatic rings. The number of hydrogen-bond donors (Lipinski definition) is 1. The second-order valence-corrected chi connectivity index (χ2v) is 2.39. The predicted octanol–water partition coefficient (Wildman–Crippen LogP) is 1.57. The normalized spacial score (nSPS) is 8.62. The maximum absolute atomic E-state index is 11.0. The van der Waals surface area contributed by atoms with E-state index in [-0.39, 0.29) is 12.3 Å². The fraction of sp³-hybridized carbons (Fsp3) is 0.125. The molecule has 0 spiro atoms. The molecule has 0 bridgehead atoms. The first-order valence-corrected chi connectivity index (χ1v) is 3.70. The number of azide groups is 1. The van der Waals surface area contributed by atoms with Crippen molar-refractivity contribution in [2.24, 2.45) is 5.22 Å². The zero-order valence-electron chi connectivity index (χ0n) is 6.84. The SMILES string of the molecule is [N-]=[N+]=NNC(=O)Cc1ccccc1. The Balaban J connectivity index is 2.50. The quantitative estimate of drug-likeness (QED) is 0.322. The number of rotatable bonds is 3. The van der Waals surface area contributed by atoms with E-state index in [1.54, 1.807) is 0 Å². The summed E-state index contributed by atoms with van der Waals surface area (Å²) in [6.45, 7) is 0. The van der Waals surface area contributed by atoms with Crippen LogP contribution in [-0.2, 0) is 11.2 Å². The number of carbonyl (C=O) groups excluding carboxylic acids is 1. The van der Waals surface area contributed by atoms with E-state index in [4.69, 9.17) is 5.53 Å². The maximum Gasteiger partial charge on any atom is 0.314 e. The van der Waals surface area contributed by atoms with Gasteiger partial charge in [0.2, 0.25) is 0 Å². The Kier molecular flexibility index (Phi) is 3.35. The highest BCUT2D eigenvalue weighted by atomic mass is 16.2. The number of benzene rings is 1. The van der Waals surface area contributed by atoms with Crippen LogP contribution in [0.25, 0.3) is 10.4 Å². The van der Waals surface area contributed by atoms with Crippen LogP contribution in [0, 0.1) is 0 Å². The molecule has 1 N–H and O–H groups in total. The van der Waals surface area contributed by atoms with E-state index in [0.717, 1.165) is 5.56 Å². The minimum absolute atomic E-state index is 0.222. The highest BCUT2D eigenvalue weighted by Gasteiger charge is 2.03. The molecule has 0 radical (unpaired) electrons. The van der Waals surface area contributed by atoms with E-state index >= 15 is 0 Å². The van der Waals surface area contributed by atoms with Crippen molar-refractivity contribution in [1.29, 1.82) is 0 Å². The Hall–Kier alpha value is -2.00. The molecule has 1 amide bonds. The van der Waals surface area contributed by atoms with Gasteiger partial charge in [0, 0.05) is 0 Å². The number of hydrogen-bond acceptors (Lipinski definition) is 2. The smallest absolute Gasteiger partial charge is 0.246 e. The molecular weight excluding hydrogens is 168 g/mol. The van der Waals surface area contributed by atoms with Gasteiger partial charge in [0.15, 0.2) is 0 Å². The molecule has 13 heavy (non-hydrogen) atoms. The Morgan fingerprint density at radius 2 is 2.15 bits per heavy atom. The van der Waals surface area contributed by atoms with Crippen molar-refractivity contribution in [2.75, 3.05) is 0 Å². The lowest BCUT2D eigenvalue weighted by Crippen LogP contribution is -2.18. The van der Waals surface area contributed by atoms with Crippen LogP contribution >= 0.6 is 0 Å². The van der Waals surface area contributed by atoms with Crippen molar-refractivity contribution >= 4 is 5.91 Å². The molecule has 0 unspecified atom stereocenters. The van der Waals surface area contributed by atoms with Gasteiger partial charge >= 0.3 is 5.91 Å². The van der Waals surface area contributed by atoms with E-state index < -0.39 is 0 Å². The Morgan fingerprint density at radius 3 is 2.77 bits per heavy atom. The molecule has 0 saturated heterocycles. The number of nitrogens with one attached hydrogen (secondary N) is 1. The summed E-state index contributed by atoms with van der Waals surface area (Å²) < 4.78 is 0. The second kappa shape index (κ2) is 4.79. The van der Waals surface area contributed by atoms with Crippen LogP contribution in [0.3, 0.4) is 0 Å². The summed E-state index contributed by atoms with van der Waals surface area (Å²) in [7, 11) is 0. The van der Waals surface area contributed by atoms with Crippen molar-refractivity contribution in [1.82, 2.24) is 5.43 Å². The summed E-state index contributed by atoms with van der Waals surface area (Å²) >= 11 is 0. The van der Waals surface area contributed by atoms with E-state index in [1.807, 2.05) is 30.3 Å². The third-order valence-corrected chi connectivity index (χ3v) is 1.43. The van der Waals surface area contributed by atoms with Crippen LogP contribution in [0.15, 0.2) is 35.6 Å². The topological polar surface area (TPSA) is 77.9 Å². The van der Waals surface area contributed by atoms with Crippen molar-refractivity contribution in [3.05, 3.63) is 46.3 Å². The van der Waals surface area contributed by atoms with E-state index in [9.17, 15) is 4.79 Å². The lowest BCUT2D eigenvalue weighted by Gasteiger charge is -1.95. The van der Waals surface area contributed by atoms with Crippen molar-refractivity contribution in [2.45, 2.75) is 6.42 Å². The Labute approximate surface area is 75.0 Å². The second-order valence-electron chi connectivity index (χ2n) is 2.39. The predicted molar refractivity (Wildman–Crippen MR) is 47.4 cm³/mol. The lowest BCUT2D eigenvalue weighted by molar-refractivity contribution is -0.120. The van der Waals surface area contributed by atoms with Gasteiger partial charge in [-0.05, 0) is 10.8 Å². The molecule has 1 aromatic carbocycles. The molecule has 0 heterocycles. The fourth-order valence-electron chi connectivity index (χ4n) is 0.899. The molecule has 5 heteroatoms. The van der Waals surface area contributed by atoms with E-state index in [2.05, 4.69) is 15.6 Å². The first kappa shape index (κ1) is 9.09. The number of nitrogens with zero attached hydrogens (tertiary/aromatic N) is 3. The highest BCUT2D eigenvalue weighted by molar-refractivity contribution is 5.78. The fourth-order valence-corrected chi connectivity index (χ4v) is 0.899. The zero-order chi connectivity index (χ0) is 9.52. The molecular formula is C8H8N4O. The van der Waals surface area contributed by atoms with Gasteiger partial charge in [-0.25, -0.2) is 4.79 Å². The third kappa shape index (κ3) is 3.27. The van der Waals surface area contributed by atoms with Gasteiger partial charge in [-0.2, -0.15) is 10.3 Å². The van der Waals surface area contributed by atoms with Gasteiger partial charge in [-0.15, -0.1) is 5.53 Å². The van der Waals surface area contributed by atoms with E-state index in [1.165, 1.54) is 0 Å². The average Bonchev–Trinajstić information content (AvgIpc) is 2.16. The Morgan fingerprint density at radius 1 is 1.46 bits per heavy atom. The monoisotopic (exact) mass is 176 g/mol. The maximum atomic E-state index is 11.0. The zero-order valence-corrected chi connectivity index (χ0v) is 6.84. The number of amides is 1. The van der Waals surface area contributed by atoms with Gasteiger partial charge < -0.3 is 0 Å². The summed E-state index contributed by atoms with van der Waals surface area (Å²) in [4.78, 5) is 13.4. The van der Waals surface area contributed by atoms with Crippen molar-refractivity contribution in [3.63, 3.8) is 0 Å². The van der Waals surface area contributed by atoms with Gasteiger partial charge in [0.05, 0.1) is 6.42 Å². The minimum Gasteiger partial charge on any atom is -0.246 e. The van der Waals surface area contributed by atoms with Crippen LogP contribution in [0.5, 0.6) is 0 Å². The lowest BCUT2D eigenvalue weighted by atomic mass is 10.1. The molecule has 66 valence electrons. The molecule has 0 saturated carbocycles. The first-order valence-electron chi connectivity index (χ1n) is 3.70. The van der Waals surface area contributed by atoms with Gasteiger partial charge in [-0.3, -0.25) is 0 Å². The standard InChI is InChI=1S/C8H8N4O/c9-11-12-10-8(13)6-7-4-2-1-3-5-7/h1-5H,6H2,(H,10,13). The molecule has 5 nitrogen and oxygen atoms in total. The summed E-state index contributed by atoms with van der Waals surface area (Å²) in [6.07, 6.45) is 0.222. The summed E-state index contributed by atoms with van der Waals surface area (Å²) in [6, 6.07) is 9.21. The van der Waals surface area contributed by atoms with Gasteiger partial charge in [-0.1, -0.05) is 30.3 Å². The highest BCUT2D eigenvalue weighted by Crippen LogP contribution is 1.98. The molecule has 0 aliphatic heterocycles. The summed E-state index contributed by atoms with van der Waals surface area (Å²) in [5.41, 5.74) is 10.9. The van der Waals surface area contributed by atoms with Crippen molar-refractivity contribution < 1.29 is 4.79 Å². The van der Waals surface area contributed by atoms with Crippen LogP contribution in [0.1, 0.15) is 5.56 Å². The molecule has 0 aliphatic rings. The Bertz CT molecular complexity index is 329. The average molecular weight is 176 g/mol. The molecule has 0 aliphatic carbocycles. The minimum atomic E-state index is -0.316. The van der Waals surface area contributed by atoms with Crippen LogP contribution in [-0.4, -0.2) is 5.91 Å². The number of carbonyl (C=O) groups is 1. The largest absolute Gasteiger partial charge is 0.314 e. The van der Waals surface area contributed by atoms with Crippen LogP contribution in [0.4, 0.5) is 0 Å². The molecule has 0 atom stereocenters.